The van der Waals surface area contributed by atoms with E-state index in [1.807, 2.05) is 6.20 Å². The number of fused-ring (bicyclic) bond motifs is 5. The van der Waals surface area contributed by atoms with Gasteiger partial charge in [0.15, 0.2) is 5.58 Å². The standard InChI is InChI=1S/C62H61N3O2/c1-59(2,3)42-25-26-52(46(32-42)37-19-14-13-15-20-37)65-53-24-18-23-45(56(53)64-58(65)49-33-44(61(7,8)9)34-50(57(49)66)62(10,11)12)40-27-41(29-43(28-40)60(4,5)6)51-35-48-47-30-38-21-16-17-22-39(38)31-54(47)67-55(48)36-63-51/h13-36,66H,1-12H3. The molecule has 10 rings (SSSR count). The zero-order chi connectivity index (χ0) is 47.4. The Morgan fingerprint density at radius 1 is 0.478 bits per heavy atom. The van der Waals surface area contributed by atoms with E-state index in [1.165, 1.54) is 16.5 Å². The minimum atomic E-state index is -0.330. The summed E-state index contributed by atoms with van der Waals surface area (Å²) in [5.41, 5.74) is 15.0. The number of para-hydroxylation sites is 1. The Hall–Kier alpha value is -6.98. The molecule has 0 unspecified atom stereocenters. The van der Waals surface area contributed by atoms with Gasteiger partial charge < -0.3 is 9.52 Å². The van der Waals surface area contributed by atoms with E-state index >= 15 is 0 Å². The lowest BCUT2D eigenvalue weighted by molar-refractivity contribution is 0.446. The van der Waals surface area contributed by atoms with Gasteiger partial charge in [0.1, 0.15) is 17.2 Å². The van der Waals surface area contributed by atoms with Crippen LogP contribution in [0.4, 0.5) is 0 Å². The lowest BCUT2D eigenvalue weighted by atomic mass is 9.79. The molecule has 0 bridgehead atoms. The number of pyridine rings is 1. The van der Waals surface area contributed by atoms with Gasteiger partial charge in [-0.25, -0.2) is 4.98 Å². The van der Waals surface area contributed by atoms with E-state index in [1.54, 1.807) is 0 Å². The number of imidazole rings is 1. The van der Waals surface area contributed by atoms with E-state index in [9.17, 15) is 5.11 Å². The lowest BCUT2D eigenvalue weighted by Crippen LogP contribution is -2.17. The molecule has 0 saturated heterocycles. The van der Waals surface area contributed by atoms with Gasteiger partial charge >= 0.3 is 0 Å². The molecule has 1 N–H and O–H groups in total. The fraction of sp³-hybridized carbons (Fsp3) is 0.258. The number of aromatic hydroxyl groups is 1. The van der Waals surface area contributed by atoms with Crippen molar-refractivity contribution in [2.75, 3.05) is 0 Å². The van der Waals surface area contributed by atoms with Crippen LogP contribution in [-0.4, -0.2) is 19.6 Å². The summed E-state index contributed by atoms with van der Waals surface area (Å²) in [6.07, 6.45) is 1.87. The summed E-state index contributed by atoms with van der Waals surface area (Å²) in [5.74, 6) is 0.945. The van der Waals surface area contributed by atoms with Crippen LogP contribution in [0.2, 0.25) is 0 Å². The summed E-state index contributed by atoms with van der Waals surface area (Å²) in [4.78, 5) is 10.8. The number of furan rings is 1. The third-order valence-corrected chi connectivity index (χ3v) is 13.5. The molecule has 5 nitrogen and oxygen atoms in total. The molecule has 0 spiro atoms. The fourth-order valence-electron chi connectivity index (χ4n) is 9.50. The van der Waals surface area contributed by atoms with Crippen molar-refractivity contribution >= 4 is 43.7 Å². The normalized spacial score (nSPS) is 12.8. The zero-order valence-corrected chi connectivity index (χ0v) is 41.1. The minimum Gasteiger partial charge on any atom is -0.507 e. The van der Waals surface area contributed by atoms with Crippen LogP contribution in [0.25, 0.3) is 94.3 Å². The summed E-state index contributed by atoms with van der Waals surface area (Å²) >= 11 is 0. The van der Waals surface area contributed by atoms with E-state index in [0.29, 0.717) is 11.4 Å². The van der Waals surface area contributed by atoms with Crippen LogP contribution in [-0.2, 0) is 21.7 Å². The molecule has 0 aliphatic rings. The lowest BCUT2D eigenvalue weighted by Gasteiger charge is -2.28. The number of phenols is 1. The van der Waals surface area contributed by atoms with Gasteiger partial charge in [-0.05, 0) is 115 Å². The number of aromatic nitrogens is 3. The molecule has 0 amide bonds. The quantitative estimate of drug-likeness (QED) is 0.187. The fourth-order valence-corrected chi connectivity index (χ4v) is 9.50. The Kier molecular flexibility index (Phi) is 10.2. The molecule has 3 heterocycles. The van der Waals surface area contributed by atoms with E-state index in [4.69, 9.17) is 14.4 Å². The van der Waals surface area contributed by atoms with E-state index in [0.717, 1.165) is 88.7 Å². The molecular formula is C62H61N3O2. The van der Waals surface area contributed by atoms with Crippen molar-refractivity contribution in [3.05, 3.63) is 168 Å². The third kappa shape index (κ3) is 7.88. The number of hydrogen-bond acceptors (Lipinski definition) is 4. The molecule has 5 heteroatoms. The highest BCUT2D eigenvalue weighted by Gasteiger charge is 2.30. The predicted molar refractivity (Wildman–Crippen MR) is 282 cm³/mol. The van der Waals surface area contributed by atoms with Crippen LogP contribution in [0.3, 0.4) is 0 Å². The highest BCUT2D eigenvalue weighted by molar-refractivity contribution is 6.10. The number of benzene rings is 7. The molecule has 0 fully saturated rings. The van der Waals surface area contributed by atoms with Crippen molar-refractivity contribution in [3.8, 4) is 56.3 Å². The maximum atomic E-state index is 12.6. The van der Waals surface area contributed by atoms with Crippen LogP contribution in [0.1, 0.15) is 105 Å². The first-order valence-electron chi connectivity index (χ1n) is 23.6. The van der Waals surface area contributed by atoms with Crippen LogP contribution in [0.15, 0.2) is 150 Å². The Morgan fingerprint density at radius 3 is 1.79 bits per heavy atom. The summed E-state index contributed by atoms with van der Waals surface area (Å²) in [5, 5.41) is 17.0. The first-order valence-corrected chi connectivity index (χ1v) is 23.6. The smallest absolute Gasteiger partial charge is 0.153 e. The predicted octanol–water partition coefficient (Wildman–Crippen LogP) is 17.0. The van der Waals surface area contributed by atoms with Gasteiger partial charge in [-0.3, -0.25) is 9.55 Å². The van der Waals surface area contributed by atoms with Crippen LogP contribution < -0.4 is 0 Å². The second-order valence-corrected chi connectivity index (χ2v) is 22.6. The zero-order valence-electron chi connectivity index (χ0n) is 41.1. The van der Waals surface area contributed by atoms with E-state index < -0.39 is 0 Å². The molecule has 0 aliphatic heterocycles. The Bertz CT molecular complexity index is 3560. The first-order chi connectivity index (χ1) is 31.6. The van der Waals surface area contributed by atoms with Gasteiger partial charge in [-0.1, -0.05) is 168 Å². The van der Waals surface area contributed by atoms with Gasteiger partial charge in [-0.2, -0.15) is 0 Å². The second-order valence-electron chi connectivity index (χ2n) is 22.6. The summed E-state index contributed by atoms with van der Waals surface area (Å²) in [7, 11) is 0. The molecule has 7 aromatic carbocycles. The monoisotopic (exact) mass is 879 g/mol. The molecule has 0 aliphatic carbocycles. The molecule has 0 radical (unpaired) electrons. The molecular weight excluding hydrogens is 819 g/mol. The number of hydrogen-bond donors (Lipinski definition) is 1. The van der Waals surface area contributed by atoms with E-state index in [2.05, 4.69) is 227 Å². The van der Waals surface area contributed by atoms with Crippen molar-refractivity contribution in [1.82, 2.24) is 14.5 Å². The molecule has 0 saturated carbocycles. The van der Waals surface area contributed by atoms with Gasteiger partial charge in [0.2, 0.25) is 0 Å². The minimum absolute atomic E-state index is 0.0791. The molecule has 3 aromatic heterocycles. The summed E-state index contributed by atoms with van der Waals surface area (Å²) < 4.78 is 8.68. The third-order valence-electron chi connectivity index (χ3n) is 13.5. The molecule has 0 atom stereocenters. The first kappa shape index (κ1) is 43.9. The maximum absolute atomic E-state index is 12.6. The molecule has 10 aromatic rings. The van der Waals surface area contributed by atoms with Crippen molar-refractivity contribution in [2.45, 2.75) is 105 Å². The number of phenolic OH excluding ortho intramolecular Hbond substituents is 1. The maximum Gasteiger partial charge on any atom is 0.153 e. The van der Waals surface area contributed by atoms with Crippen molar-refractivity contribution < 1.29 is 9.52 Å². The summed E-state index contributed by atoms with van der Waals surface area (Å²) in [6, 6.07) is 50.1. The van der Waals surface area contributed by atoms with Crippen molar-refractivity contribution in [3.63, 3.8) is 0 Å². The van der Waals surface area contributed by atoms with Crippen molar-refractivity contribution in [1.29, 1.82) is 0 Å². The SMILES string of the molecule is CC(C)(C)c1cc(-c2cc3c(cn2)oc2cc4ccccc4cc23)cc(-c2cccc3c2nc(-c2cc(C(C)(C)C)cc(C(C)(C)C)c2O)n3-c2ccc(C(C)(C)C)cc2-c2ccccc2)c1. The molecule has 336 valence electrons. The van der Waals surface area contributed by atoms with Gasteiger partial charge in [0.05, 0.1) is 34.2 Å². The average molecular weight is 880 g/mol. The van der Waals surface area contributed by atoms with Crippen LogP contribution in [0, 0.1) is 0 Å². The summed E-state index contributed by atoms with van der Waals surface area (Å²) in [6.45, 7) is 26.8. The van der Waals surface area contributed by atoms with Crippen LogP contribution in [0.5, 0.6) is 5.75 Å². The Labute approximate surface area is 395 Å². The largest absolute Gasteiger partial charge is 0.507 e. The second kappa shape index (κ2) is 15.6. The Balaban J connectivity index is 1.26. The molecule has 67 heavy (non-hydrogen) atoms. The number of nitrogens with zero attached hydrogens (tertiary/aromatic N) is 3. The Morgan fingerprint density at radius 2 is 1.10 bits per heavy atom. The topological polar surface area (TPSA) is 64.1 Å². The van der Waals surface area contributed by atoms with Gasteiger partial charge in [0.25, 0.3) is 0 Å². The van der Waals surface area contributed by atoms with Crippen molar-refractivity contribution in [2.24, 2.45) is 0 Å². The van der Waals surface area contributed by atoms with E-state index in [-0.39, 0.29) is 27.4 Å². The van der Waals surface area contributed by atoms with Crippen LogP contribution >= 0.6 is 0 Å². The highest BCUT2D eigenvalue weighted by Crippen LogP contribution is 2.46. The van der Waals surface area contributed by atoms with Gasteiger partial charge in [-0.15, -0.1) is 0 Å². The van der Waals surface area contributed by atoms with Gasteiger partial charge in [0, 0.05) is 33.0 Å². The number of rotatable bonds is 5. The average Bonchev–Trinajstić information content (AvgIpc) is 3.84. The highest BCUT2D eigenvalue weighted by atomic mass is 16.3.